The van der Waals surface area contributed by atoms with Crippen LogP contribution >= 0.6 is 22.6 Å². The average Bonchev–Trinajstić information content (AvgIpc) is 2.62. The Balaban J connectivity index is 2.34. The van der Waals surface area contributed by atoms with Crippen molar-refractivity contribution in [3.8, 4) is 17.6 Å². The van der Waals surface area contributed by atoms with Gasteiger partial charge in [-0.3, -0.25) is 4.79 Å². The van der Waals surface area contributed by atoms with Gasteiger partial charge in [0.2, 0.25) is 0 Å². The van der Waals surface area contributed by atoms with Crippen LogP contribution < -0.4 is 14.8 Å². The molecule has 0 aliphatic rings. The number of hydrogen-bond acceptors (Lipinski definition) is 4. The molecule has 0 bridgehead atoms. The summed E-state index contributed by atoms with van der Waals surface area (Å²) in [5, 5.41) is 12.2. The van der Waals surface area contributed by atoms with Crippen LogP contribution in [0.3, 0.4) is 0 Å². The van der Waals surface area contributed by atoms with Crippen LogP contribution in [-0.2, 0) is 4.79 Å². The molecule has 0 unspecified atom stereocenters. The van der Waals surface area contributed by atoms with Crippen molar-refractivity contribution in [1.82, 2.24) is 0 Å². The van der Waals surface area contributed by atoms with E-state index in [0.29, 0.717) is 29.4 Å². The number of halogens is 1. The van der Waals surface area contributed by atoms with E-state index in [0.717, 1.165) is 9.13 Å². The van der Waals surface area contributed by atoms with Crippen molar-refractivity contribution >= 4 is 40.3 Å². The molecule has 0 atom stereocenters. The molecule has 1 amide bonds. The first kappa shape index (κ1) is 21.8. The standard InChI is InChI=1S/C22H23IN2O3/c1-5-27-20-12-16(11-19(23)21(20)28-14(2)3)10-17(13-24)22(26)25-18-8-6-7-15(4)9-18/h6-12,14H,5H2,1-4H3,(H,25,26)/b17-10+. The number of amides is 1. The number of benzene rings is 2. The summed E-state index contributed by atoms with van der Waals surface area (Å²) in [5.41, 5.74) is 2.38. The molecular weight excluding hydrogens is 467 g/mol. The summed E-state index contributed by atoms with van der Waals surface area (Å²) in [6, 6.07) is 13.0. The lowest BCUT2D eigenvalue weighted by atomic mass is 10.1. The minimum Gasteiger partial charge on any atom is -0.490 e. The summed E-state index contributed by atoms with van der Waals surface area (Å²) in [6.45, 7) is 8.21. The van der Waals surface area contributed by atoms with E-state index >= 15 is 0 Å². The molecule has 0 saturated heterocycles. The molecule has 28 heavy (non-hydrogen) atoms. The van der Waals surface area contributed by atoms with Gasteiger partial charge in [0.05, 0.1) is 16.3 Å². The highest BCUT2D eigenvalue weighted by Gasteiger charge is 2.15. The third-order valence-corrected chi connectivity index (χ3v) is 4.44. The Morgan fingerprint density at radius 2 is 2.07 bits per heavy atom. The lowest BCUT2D eigenvalue weighted by molar-refractivity contribution is -0.112. The van der Waals surface area contributed by atoms with E-state index in [1.165, 1.54) is 0 Å². The smallest absolute Gasteiger partial charge is 0.266 e. The van der Waals surface area contributed by atoms with Gasteiger partial charge in [-0.15, -0.1) is 0 Å². The molecule has 0 spiro atoms. The predicted molar refractivity (Wildman–Crippen MR) is 119 cm³/mol. The SMILES string of the molecule is CCOc1cc(/C=C(\C#N)C(=O)Nc2cccc(C)c2)cc(I)c1OC(C)C. The fourth-order valence-corrected chi connectivity index (χ4v) is 3.27. The zero-order valence-corrected chi connectivity index (χ0v) is 18.5. The first-order valence-corrected chi connectivity index (χ1v) is 10.0. The van der Waals surface area contributed by atoms with E-state index < -0.39 is 5.91 Å². The Morgan fingerprint density at radius 3 is 2.68 bits per heavy atom. The molecule has 2 aromatic rings. The van der Waals surface area contributed by atoms with Crippen molar-refractivity contribution in [1.29, 1.82) is 5.26 Å². The number of carbonyl (C=O) groups is 1. The summed E-state index contributed by atoms with van der Waals surface area (Å²) in [4.78, 5) is 12.5. The minimum absolute atomic E-state index is 0.00360. The van der Waals surface area contributed by atoms with Crippen LogP contribution in [-0.4, -0.2) is 18.6 Å². The van der Waals surface area contributed by atoms with Crippen molar-refractivity contribution in [2.45, 2.75) is 33.8 Å². The molecule has 2 rings (SSSR count). The van der Waals surface area contributed by atoms with E-state index in [4.69, 9.17) is 9.47 Å². The summed E-state index contributed by atoms with van der Waals surface area (Å²) in [5.74, 6) is 0.798. The van der Waals surface area contributed by atoms with Gasteiger partial charge in [0.1, 0.15) is 11.6 Å². The van der Waals surface area contributed by atoms with Gasteiger partial charge in [-0.1, -0.05) is 12.1 Å². The number of aryl methyl sites for hydroxylation is 1. The average molecular weight is 490 g/mol. The topological polar surface area (TPSA) is 71.3 Å². The Labute approximate surface area is 179 Å². The summed E-state index contributed by atoms with van der Waals surface area (Å²) in [7, 11) is 0. The Bertz CT molecular complexity index is 930. The maximum atomic E-state index is 12.5. The second-order valence-corrected chi connectivity index (χ2v) is 7.59. The summed E-state index contributed by atoms with van der Waals surface area (Å²) < 4.78 is 12.4. The molecule has 0 aliphatic heterocycles. The van der Waals surface area contributed by atoms with Crippen molar-refractivity contribution in [3.05, 3.63) is 56.7 Å². The molecule has 0 aromatic heterocycles. The fourth-order valence-electron chi connectivity index (χ4n) is 2.52. The van der Waals surface area contributed by atoms with Gasteiger partial charge in [0, 0.05) is 5.69 Å². The van der Waals surface area contributed by atoms with E-state index in [1.54, 1.807) is 18.2 Å². The zero-order chi connectivity index (χ0) is 20.7. The number of nitrogens with zero attached hydrogens (tertiary/aromatic N) is 1. The third kappa shape index (κ3) is 5.99. The number of hydrogen-bond donors (Lipinski definition) is 1. The summed E-state index contributed by atoms with van der Waals surface area (Å²) >= 11 is 2.17. The molecule has 146 valence electrons. The normalized spacial score (nSPS) is 11.1. The Hall–Kier alpha value is -2.53. The number of nitrogens with one attached hydrogen (secondary N) is 1. The zero-order valence-electron chi connectivity index (χ0n) is 16.4. The second-order valence-electron chi connectivity index (χ2n) is 6.42. The lowest BCUT2D eigenvalue weighted by Gasteiger charge is -2.17. The van der Waals surface area contributed by atoms with Crippen LogP contribution in [0.4, 0.5) is 5.69 Å². The van der Waals surface area contributed by atoms with Gasteiger partial charge in [-0.25, -0.2) is 0 Å². The molecule has 5 nitrogen and oxygen atoms in total. The largest absolute Gasteiger partial charge is 0.490 e. The van der Waals surface area contributed by atoms with E-state index in [2.05, 4.69) is 27.9 Å². The first-order chi connectivity index (χ1) is 13.3. The van der Waals surface area contributed by atoms with Crippen LogP contribution in [0.5, 0.6) is 11.5 Å². The van der Waals surface area contributed by atoms with Gasteiger partial charge in [0.15, 0.2) is 11.5 Å². The first-order valence-electron chi connectivity index (χ1n) is 8.96. The van der Waals surface area contributed by atoms with Crippen molar-refractivity contribution in [2.75, 3.05) is 11.9 Å². The molecule has 6 heteroatoms. The highest BCUT2D eigenvalue weighted by molar-refractivity contribution is 14.1. The van der Waals surface area contributed by atoms with Crippen LogP contribution in [0.1, 0.15) is 31.9 Å². The third-order valence-electron chi connectivity index (χ3n) is 3.64. The van der Waals surface area contributed by atoms with Crippen LogP contribution in [0.15, 0.2) is 42.0 Å². The molecule has 2 aromatic carbocycles. The number of rotatable bonds is 7. The molecule has 0 fully saturated rings. The number of nitriles is 1. The van der Waals surface area contributed by atoms with E-state index in [-0.39, 0.29) is 11.7 Å². The number of ether oxygens (including phenoxy) is 2. The highest BCUT2D eigenvalue weighted by atomic mass is 127. The quantitative estimate of drug-likeness (QED) is 0.324. The number of carbonyl (C=O) groups excluding carboxylic acids is 1. The van der Waals surface area contributed by atoms with Crippen molar-refractivity contribution in [3.63, 3.8) is 0 Å². The molecular formula is C22H23IN2O3. The van der Waals surface area contributed by atoms with Crippen LogP contribution in [0, 0.1) is 21.8 Å². The van der Waals surface area contributed by atoms with Crippen LogP contribution in [0.25, 0.3) is 6.08 Å². The Morgan fingerprint density at radius 1 is 1.32 bits per heavy atom. The molecule has 0 radical (unpaired) electrons. The van der Waals surface area contributed by atoms with Gasteiger partial charge >= 0.3 is 0 Å². The maximum absolute atomic E-state index is 12.5. The monoisotopic (exact) mass is 490 g/mol. The van der Waals surface area contributed by atoms with Crippen LogP contribution in [0.2, 0.25) is 0 Å². The predicted octanol–water partition coefficient (Wildman–Crippen LogP) is 5.33. The highest BCUT2D eigenvalue weighted by Crippen LogP contribution is 2.35. The molecule has 0 heterocycles. The molecule has 0 aliphatic carbocycles. The minimum atomic E-state index is -0.455. The maximum Gasteiger partial charge on any atom is 0.266 e. The van der Waals surface area contributed by atoms with Crippen molar-refractivity contribution < 1.29 is 14.3 Å². The Kier molecular flexibility index (Phi) is 7.88. The van der Waals surface area contributed by atoms with Crippen molar-refractivity contribution in [2.24, 2.45) is 0 Å². The molecule has 1 N–H and O–H groups in total. The lowest BCUT2D eigenvalue weighted by Crippen LogP contribution is -2.13. The van der Waals surface area contributed by atoms with Gasteiger partial charge in [-0.05, 0) is 91.8 Å². The molecule has 0 saturated carbocycles. The second kappa shape index (κ2) is 10.1. The fraction of sp³-hybridized carbons (Fsp3) is 0.273. The van der Waals surface area contributed by atoms with Gasteiger partial charge in [-0.2, -0.15) is 5.26 Å². The van der Waals surface area contributed by atoms with Gasteiger partial charge in [0.25, 0.3) is 5.91 Å². The number of anilines is 1. The van der Waals surface area contributed by atoms with Gasteiger partial charge < -0.3 is 14.8 Å². The summed E-state index contributed by atoms with van der Waals surface area (Å²) in [6.07, 6.45) is 1.55. The van der Waals surface area contributed by atoms with E-state index in [9.17, 15) is 10.1 Å². The van der Waals surface area contributed by atoms with E-state index in [1.807, 2.05) is 58.0 Å².